The summed E-state index contributed by atoms with van der Waals surface area (Å²) >= 11 is 1.25. The van der Waals surface area contributed by atoms with Crippen LogP contribution in [0.1, 0.15) is 23.7 Å². The summed E-state index contributed by atoms with van der Waals surface area (Å²) < 4.78 is 50.8. The third kappa shape index (κ3) is 6.54. The van der Waals surface area contributed by atoms with Crippen molar-refractivity contribution in [2.24, 2.45) is 5.10 Å². The highest BCUT2D eigenvalue weighted by molar-refractivity contribution is 7.13. The minimum absolute atomic E-state index is 0.0611. The second-order valence-corrected chi connectivity index (χ2v) is 7.06. The molecule has 0 saturated heterocycles. The van der Waals surface area contributed by atoms with Crippen LogP contribution in [0.2, 0.25) is 0 Å². The van der Waals surface area contributed by atoms with Gasteiger partial charge in [0, 0.05) is 28.6 Å². The van der Waals surface area contributed by atoms with Crippen LogP contribution in [0.3, 0.4) is 0 Å². The number of benzene rings is 2. The van der Waals surface area contributed by atoms with Crippen molar-refractivity contribution in [2.75, 3.05) is 12.0 Å². The first kappa shape index (κ1) is 22.3. The summed E-state index contributed by atoms with van der Waals surface area (Å²) in [4.78, 5) is 15.7. The van der Waals surface area contributed by atoms with E-state index in [0.717, 1.165) is 18.2 Å². The Morgan fingerprint density at radius 1 is 1.19 bits per heavy atom. The Hall–Kier alpha value is -3.40. The van der Waals surface area contributed by atoms with E-state index in [4.69, 9.17) is 9.47 Å². The molecule has 0 aliphatic carbocycles. The van der Waals surface area contributed by atoms with Crippen LogP contribution in [-0.2, 0) is 22.6 Å². The van der Waals surface area contributed by atoms with E-state index in [1.165, 1.54) is 35.8 Å². The molecule has 3 aromatic rings. The van der Waals surface area contributed by atoms with E-state index in [9.17, 15) is 18.0 Å². The molecule has 0 spiro atoms. The lowest BCUT2D eigenvalue weighted by Crippen LogP contribution is -2.07. The van der Waals surface area contributed by atoms with Crippen molar-refractivity contribution in [3.63, 3.8) is 0 Å². The van der Waals surface area contributed by atoms with Gasteiger partial charge < -0.3 is 9.47 Å². The Bertz CT molecular complexity index is 1090. The minimum atomic E-state index is -0.754. The minimum Gasteiger partial charge on any atom is -0.488 e. The summed E-state index contributed by atoms with van der Waals surface area (Å²) in [6, 6.07) is 6.95. The lowest BCUT2D eigenvalue weighted by molar-refractivity contribution is -0.142. The van der Waals surface area contributed by atoms with Gasteiger partial charge in [0.25, 0.3) is 0 Å². The molecule has 162 valence electrons. The van der Waals surface area contributed by atoms with Gasteiger partial charge in [0.15, 0.2) is 0 Å². The van der Waals surface area contributed by atoms with Gasteiger partial charge in [-0.05, 0) is 31.2 Å². The van der Waals surface area contributed by atoms with Crippen LogP contribution in [0, 0.1) is 17.5 Å². The maximum atomic E-state index is 13.8. The average molecular weight is 449 g/mol. The van der Waals surface area contributed by atoms with Crippen LogP contribution in [0.15, 0.2) is 46.9 Å². The Labute approximate surface area is 180 Å². The normalized spacial score (nSPS) is 11.0. The van der Waals surface area contributed by atoms with Gasteiger partial charge in [0.1, 0.15) is 29.8 Å². The van der Waals surface area contributed by atoms with Gasteiger partial charge in [0.2, 0.25) is 5.13 Å². The molecule has 3 rings (SSSR count). The van der Waals surface area contributed by atoms with Crippen molar-refractivity contribution in [3.05, 3.63) is 76.1 Å². The molecule has 1 N–H and O–H groups in total. The Balaban J connectivity index is 1.64. The number of hydrazone groups is 1. The predicted octanol–water partition coefficient (Wildman–Crippen LogP) is 4.69. The summed E-state index contributed by atoms with van der Waals surface area (Å²) in [5, 5.41) is 6.20. The molecule has 0 bridgehead atoms. The zero-order chi connectivity index (χ0) is 22.2. The number of rotatable bonds is 9. The molecule has 0 fully saturated rings. The van der Waals surface area contributed by atoms with E-state index in [0.29, 0.717) is 23.0 Å². The number of hydrogen-bond acceptors (Lipinski definition) is 7. The molecular weight excluding hydrogens is 431 g/mol. The maximum Gasteiger partial charge on any atom is 0.311 e. The smallest absolute Gasteiger partial charge is 0.311 e. The van der Waals surface area contributed by atoms with Gasteiger partial charge >= 0.3 is 5.97 Å². The second kappa shape index (κ2) is 10.6. The summed E-state index contributed by atoms with van der Waals surface area (Å²) in [5.41, 5.74) is 3.83. The average Bonchev–Trinajstić information content (AvgIpc) is 3.16. The van der Waals surface area contributed by atoms with Gasteiger partial charge in [-0.1, -0.05) is 0 Å². The number of ether oxygens (including phenoxy) is 2. The van der Waals surface area contributed by atoms with Crippen molar-refractivity contribution >= 4 is 28.7 Å². The van der Waals surface area contributed by atoms with Gasteiger partial charge in [-0.3, -0.25) is 10.2 Å². The van der Waals surface area contributed by atoms with E-state index >= 15 is 0 Å². The highest BCUT2D eigenvalue weighted by atomic mass is 32.1. The first-order chi connectivity index (χ1) is 14.9. The predicted molar refractivity (Wildman–Crippen MR) is 111 cm³/mol. The number of anilines is 1. The summed E-state index contributed by atoms with van der Waals surface area (Å²) in [6.07, 6.45) is 1.45. The highest BCUT2D eigenvalue weighted by Crippen LogP contribution is 2.21. The molecule has 0 amide bonds. The maximum absolute atomic E-state index is 13.8. The van der Waals surface area contributed by atoms with Gasteiger partial charge in [0.05, 0.1) is 24.9 Å². The lowest BCUT2D eigenvalue weighted by atomic mass is 10.2. The summed E-state index contributed by atoms with van der Waals surface area (Å²) in [7, 11) is 0. The van der Waals surface area contributed by atoms with E-state index in [1.807, 2.05) is 0 Å². The van der Waals surface area contributed by atoms with Crippen LogP contribution >= 0.6 is 11.3 Å². The highest BCUT2D eigenvalue weighted by Gasteiger charge is 2.10. The number of carbonyl (C=O) groups excluding carboxylic acids is 1. The van der Waals surface area contributed by atoms with E-state index < -0.39 is 17.5 Å². The molecule has 31 heavy (non-hydrogen) atoms. The van der Waals surface area contributed by atoms with Crippen LogP contribution in [0.5, 0.6) is 5.75 Å². The van der Waals surface area contributed by atoms with Crippen molar-refractivity contribution in [3.8, 4) is 5.75 Å². The second-order valence-electron chi connectivity index (χ2n) is 6.20. The van der Waals surface area contributed by atoms with Gasteiger partial charge in [-0.2, -0.15) is 5.10 Å². The molecule has 0 aliphatic heterocycles. The topological polar surface area (TPSA) is 72.8 Å². The monoisotopic (exact) mass is 449 g/mol. The van der Waals surface area contributed by atoms with Crippen LogP contribution in [0.4, 0.5) is 18.3 Å². The molecule has 1 heterocycles. The van der Waals surface area contributed by atoms with Crippen LogP contribution < -0.4 is 10.2 Å². The Kier molecular flexibility index (Phi) is 7.60. The molecule has 10 heteroatoms. The van der Waals surface area contributed by atoms with Crippen LogP contribution in [0.25, 0.3) is 0 Å². The third-order valence-corrected chi connectivity index (χ3v) is 4.72. The fourth-order valence-corrected chi connectivity index (χ4v) is 3.15. The number of nitrogens with zero attached hydrogens (tertiary/aromatic N) is 2. The Morgan fingerprint density at radius 3 is 2.74 bits per heavy atom. The first-order valence-electron chi connectivity index (χ1n) is 9.20. The van der Waals surface area contributed by atoms with Crippen molar-refractivity contribution in [2.45, 2.75) is 20.0 Å². The molecule has 1 aromatic heterocycles. The first-order valence-corrected chi connectivity index (χ1v) is 10.1. The van der Waals surface area contributed by atoms with Crippen molar-refractivity contribution in [1.82, 2.24) is 4.98 Å². The SMILES string of the molecule is CCOC(=O)Cc1csc(NN=Cc2ccc(F)cc2OCc2ccc(F)cc2F)n1. The number of carbonyl (C=O) groups is 1. The number of hydrogen-bond donors (Lipinski definition) is 1. The van der Waals surface area contributed by atoms with Gasteiger partial charge in [-0.25, -0.2) is 18.2 Å². The number of halogens is 3. The van der Waals surface area contributed by atoms with E-state index in [1.54, 1.807) is 12.3 Å². The zero-order valence-corrected chi connectivity index (χ0v) is 17.2. The number of thiazole rings is 1. The number of esters is 1. The number of nitrogens with one attached hydrogen (secondary N) is 1. The molecule has 2 aromatic carbocycles. The molecular formula is C21H18F3N3O3S. The summed E-state index contributed by atoms with van der Waals surface area (Å²) in [6.45, 7) is 1.81. The fourth-order valence-electron chi connectivity index (χ4n) is 2.49. The molecule has 6 nitrogen and oxygen atoms in total. The lowest BCUT2D eigenvalue weighted by Gasteiger charge is -2.10. The zero-order valence-electron chi connectivity index (χ0n) is 16.4. The van der Waals surface area contributed by atoms with Crippen molar-refractivity contribution < 1.29 is 27.4 Å². The van der Waals surface area contributed by atoms with Crippen molar-refractivity contribution in [1.29, 1.82) is 0 Å². The van der Waals surface area contributed by atoms with E-state index in [2.05, 4.69) is 15.5 Å². The standard InChI is InChI=1S/C21H18F3N3O3S/c1-2-29-20(28)9-17-12-31-21(26-17)27-25-10-13-3-5-16(23)8-19(13)30-11-14-4-6-15(22)7-18(14)24/h3-8,10,12H,2,9,11H2,1H3,(H,26,27). The molecule has 0 aliphatic rings. The fraction of sp³-hybridized carbons (Fsp3) is 0.190. The summed E-state index contributed by atoms with van der Waals surface area (Å²) in [5.74, 6) is -2.22. The Morgan fingerprint density at radius 2 is 1.97 bits per heavy atom. The van der Waals surface area contributed by atoms with Crippen LogP contribution in [-0.4, -0.2) is 23.8 Å². The number of aromatic nitrogens is 1. The van der Waals surface area contributed by atoms with Gasteiger partial charge in [-0.15, -0.1) is 11.3 Å². The molecule has 0 unspecified atom stereocenters. The van der Waals surface area contributed by atoms with E-state index in [-0.39, 0.29) is 30.3 Å². The molecule has 0 atom stereocenters. The quantitative estimate of drug-likeness (QED) is 0.292. The largest absolute Gasteiger partial charge is 0.488 e. The third-order valence-electron chi connectivity index (χ3n) is 3.92. The molecule has 0 radical (unpaired) electrons. The molecule has 0 saturated carbocycles.